The van der Waals surface area contributed by atoms with E-state index >= 15 is 0 Å². The molecule has 1 saturated heterocycles. The molecule has 122 valence electrons. The quantitative estimate of drug-likeness (QED) is 0.660. The Kier molecular flexibility index (Phi) is 4.72. The van der Waals surface area contributed by atoms with Gasteiger partial charge in [0, 0.05) is 19.6 Å². The third kappa shape index (κ3) is 3.77. The van der Waals surface area contributed by atoms with Crippen LogP contribution in [0, 0.1) is 5.92 Å². The molecule has 0 radical (unpaired) electrons. The predicted octanol–water partition coefficient (Wildman–Crippen LogP) is 1.35. The van der Waals surface area contributed by atoms with Crippen LogP contribution in [0.4, 0.5) is 11.8 Å². The van der Waals surface area contributed by atoms with Crippen LogP contribution in [0.15, 0.2) is 21.3 Å². The molecule has 3 heterocycles. The van der Waals surface area contributed by atoms with Gasteiger partial charge in [-0.3, -0.25) is 15.6 Å². The lowest BCUT2D eigenvalue weighted by Crippen LogP contribution is -2.31. The fourth-order valence-corrected chi connectivity index (χ4v) is 2.66. The van der Waals surface area contributed by atoms with Gasteiger partial charge < -0.3 is 14.9 Å². The number of nitrogens with two attached hydrogens (primary N) is 1. The van der Waals surface area contributed by atoms with Crippen molar-refractivity contribution in [2.24, 2.45) is 5.92 Å². The molecule has 0 aromatic carbocycles. The van der Waals surface area contributed by atoms with E-state index in [0.717, 1.165) is 6.42 Å². The molecule has 0 saturated carbocycles. The van der Waals surface area contributed by atoms with Crippen molar-refractivity contribution in [2.75, 3.05) is 24.4 Å². The Hall–Kier alpha value is -2.20. The third-order valence-electron chi connectivity index (χ3n) is 3.32. The van der Waals surface area contributed by atoms with Crippen LogP contribution in [0.1, 0.15) is 12.8 Å². The Morgan fingerprint density at radius 3 is 3.04 bits per heavy atom. The highest BCUT2D eigenvalue weighted by Crippen LogP contribution is 2.30. The maximum atomic E-state index is 11.9. The number of hydrazine groups is 1. The molecule has 1 aliphatic heterocycles. The molecule has 4 N–H and O–H groups in total. The molecule has 3 rings (SSSR count). The number of anilines is 2. The van der Waals surface area contributed by atoms with E-state index in [4.69, 9.17) is 14.9 Å². The highest BCUT2D eigenvalue weighted by molar-refractivity contribution is 9.10. The Morgan fingerprint density at radius 1 is 1.48 bits per heavy atom. The van der Waals surface area contributed by atoms with Crippen LogP contribution < -0.4 is 16.6 Å². The summed E-state index contributed by atoms with van der Waals surface area (Å²) in [6, 6.07) is 0. The molecule has 0 spiro atoms. The molecule has 1 aliphatic rings. The highest BCUT2D eigenvalue weighted by Gasteiger charge is 2.20. The molecule has 1 unspecified atom stereocenters. The van der Waals surface area contributed by atoms with E-state index in [1.807, 2.05) is 0 Å². The van der Waals surface area contributed by atoms with Crippen LogP contribution in [-0.4, -0.2) is 34.1 Å². The summed E-state index contributed by atoms with van der Waals surface area (Å²) in [5, 5.41) is 0. The van der Waals surface area contributed by atoms with Crippen LogP contribution in [0.2, 0.25) is 0 Å². The Bertz CT molecular complexity index is 687. The largest absolute Gasteiger partial charge is 0.443 e. The van der Waals surface area contributed by atoms with Crippen LogP contribution in [0.3, 0.4) is 0 Å². The number of halogens is 1. The van der Waals surface area contributed by atoms with E-state index in [-0.39, 0.29) is 17.8 Å². The molecule has 0 aliphatic carbocycles. The van der Waals surface area contributed by atoms with Crippen molar-refractivity contribution in [3.63, 3.8) is 0 Å². The van der Waals surface area contributed by atoms with Crippen molar-refractivity contribution in [3.8, 4) is 11.6 Å². The number of nitrogens with zero attached hydrogens (tertiary/aromatic N) is 3. The van der Waals surface area contributed by atoms with Gasteiger partial charge in [-0.2, -0.15) is 4.98 Å². The van der Waals surface area contributed by atoms with Crippen LogP contribution in [0.25, 0.3) is 11.6 Å². The van der Waals surface area contributed by atoms with Crippen LogP contribution in [-0.2, 0) is 9.53 Å². The molecule has 1 fully saturated rings. The summed E-state index contributed by atoms with van der Waals surface area (Å²) in [6.07, 6.45) is 4.21. The number of hydrogen-bond donors (Lipinski definition) is 3. The molecule has 23 heavy (non-hydrogen) atoms. The lowest BCUT2D eigenvalue weighted by atomic mass is 10.1. The summed E-state index contributed by atoms with van der Waals surface area (Å²) < 4.78 is 10.9. The van der Waals surface area contributed by atoms with Crippen molar-refractivity contribution >= 4 is 33.6 Å². The van der Waals surface area contributed by atoms with Gasteiger partial charge in [-0.25, -0.2) is 9.97 Å². The number of carbonyl (C=O) groups excluding carboxylic acids is 1. The number of hydrogen-bond acceptors (Lipinski definition) is 8. The van der Waals surface area contributed by atoms with Crippen LogP contribution >= 0.6 is 15.9 Å². The fraction of sp³-hybridized carbons (Fsp3) is 0.385. The maximum Gasteiger partial charge on any atom is 0.246 e. The number of aromatic nitrogens is 3. The van der Waals surface area contributed by atoms with Crippen molar-refractivity contribution < 1.29 is 13.9 Å². The molecule has 10 heteroatoms. The molecular formula is C13H15BrN6O3. The number of rotatable bonds is 5. The van der Waals surface area contributed by atoms with Gasteiger partial charge in [-0.1, -0.05) is 0 Å². The Labute approximate surface area is 140 Å². The van der Waals surface area contributed by atoms with Crippen molar-refractivity contribution in [3.05, 3.63) is 16.9 Å². The number of nitrogen functional groups attached to an aromatic ring is 1. The van der Waals surface area contributed by atoms with Crippen molar-refractivity contribution in [2.45, 2.75) is 12.8 Å². The second-order valence-corrected chi connectivity index (χ2v) is 5.83. The van der Waals surface area contributed by atoms with Gasteiger partial charge in [0.25, 0.3) is 0 Å². The van der Waals surface area contributed by atoms with Gasteiger partial charge in [0.1, 0.15) is 12.0 Å². The first-order chi connectivity index (χ1) is 11.1. The summed E-state index contributed by atoms with van der Waals surface area (Å²) in [7, 11) is 0. The second-order valence-electron chi connectivity index (χ2n) is 5.04. The molecule has 0 bridgehead atoms. The minimum absolute atomic E-state index is 0.0299. The lowest BCUT2D eigenvalue weighted by Gasteiger charge is -2.12. The Morgan fingerprint density at radius 2 is 2.35 bits per heavy atom. The number of carbonyl (C=O) groups is 1. The average molecular weight is 383 g/mol. The van der Waals surface area contributed by atoms with Gasteiger partial charge >= 0.3 is 0 Å². The topological polar surface area (TPSA) is 128 Å². The van der Waals surface area contributed by atoms with E-state index in [2.05, 4.69) is 41.7 Å². The van der Waals surface area contributed by atoms with Gasteiger partial charge in [0.05, 0.1) is 10.7 Å². The van der Waals surface area contributed by atoms with Gasteiger partial charge in [-0.05, 0) is 28.3 Å². The first kappa shape index (κ1) is 15.7. The Balaban J connectivity index is 1.69. The first-order valence-corrected chi connectivity index (χ1v) is 7.78. The third-order valence-corrected chi connectivity index (χ3v) is 4.07. The monoisotopic (exact) mass is 382 g/mol. The fourth-order valence-electron chi connectivity index (χ4n) is 2.22. The van der Waals surface area contributed by atoms with Crippen molar-refractivity contribution in [1.82, 2.24) is 20.4 Å². The summed E-state index contributed by atoms with van der Waals surface area (Å²) in [6.45, 7) is 1.32. The number of nitrogens with one attached hydrogen (secondary N) is 2. The molecule has 2 aromatic heterocycles. The number of amides is 1. The zero-order valence-electron chi connectivity index (χ0n) is 12.1. The predicted molar refractivity (Wildman–Crippen MR) is 84.9 cm³/mol. The zero-order valence-corrected chi connectivity index (χ0v) is 13.7. The molecule has 2 aromatic rings. The molecule has 1 amide bonds. The normalized spacial score (nSPS) is 17.2. The highest BCUT2D eigenvalue weighted by atomic mass is 79.9. The van der Waals surface area contributed by atoms with Crippen molar-refractivity contribution in [1.29, 1.82) is 0 Å². The number of oxazole rings is 1. The van der Waals surface area contributed by atoms with E-state index in [9.17, 15) is 4.79 Å². The first-order valence-electron chi connectivity index (χ1n) is 6.99. The summed E-state index contributed by atoms with van der Waals surface area (Å²) in [4.78, 5) is 24.1. The maximum absolute atomic E-state index is 11.9. The van der Waals surface area contributed by atoms with E-state index in [1.54, 1.807) is 0 Å². The van der Waals surface area contributed by atoms with Gasteiger partial charge in [0.2, 0.25) is 17.7 Å². The van der Waals surface area contributed by atoms with Gasteiger partial charge in [0.15, 0.2) is 5.82 Å². The van der Waals surface area contributed by atoms with Gasteiger partial charge in [-0.15, -0.1) is 0 Å². The smallest absolute Gasteiger partial charge is 0.246 e. The lowest BCUT2D eigenvalue weighted by molar-refractivity contribution is -0.121. The van der Waals surface area contributed by atoms with E-state index in [0.29, 0.717) is 41.5 Å². The minimum atomic E-state index is -0.151. The van der Waals surface area contributed by atoms with E-state index < -0.39 is 0 Å². The standard InChI is InChI=1S/C13H15BrN6O3/c14-9-10(12-16-2-4-23-12)17-13(15)18-11(9)20-19-8(21)5-7-1-3-22-6-7/h2,4,7H,1,3,5-6H2,(H,19,21)(H3,15,17,18,20). The van der Waals surface area contributed by atoms with Crippen LogP contribution in [0.5, 0.6) is 0 Å². The summed E-state index contributed by atoms with van der Waals surface area (Å²) in [5.74, 6) is 0.744. The minimum Gasteiger partial charge on any atom is -0.443 e. The zero-order chi connectivity index (χ0) is 16.2. The molecule has 9 nitrogen and oxygen atoms in total. The summed E-state index contributed by atoms with van der Waals surface area (Å²) in [5.41, 5.74) is 11.4. The SMILES string of the molecule is Nc1nc(NNC(=O)CC2CCOC2)c(Br)c(-c2ncco2)n1. The molecular weight excluding hydrogens is 368 g/mol. The number of ether oxygens (including phenoxy) is 1. The molecule has 1 atom stereocenters. The second kappa shape index (κ2) is 6.92. The average Bonchev–Trinajstić information content (AvgIpc) is 3.21. The van der Waals surface area contributed by atoms with E-state index in [1.165, 1.54) is 12.5 Å². The summed E-state index contributed by atoms with van der Waals surface area (Å²) >= 11 is 3.36.